The second kappa shape index (κ2) is 4.32. The second-order valence-electron chi connectivity index (χ2n) is 6.30. The molecule has 4 nitrogen and oxygen atoms in total. The number of carbonyl (C=O) groups excluding carboxylic acids is 1. The molecular weight excluding hydrogens is 321 g/mol. The van der Waals surface area contributed by atoms with Crippen molar-refractivity contribution in [2.24, 2.45) is 0 Å². The van der Waals surface area contributed by atoms with Crippen molar-refractivity contribution in [1.29, 1.82) is 0 Å². The first-order valence-electron chi connectivity index (χ1n) is 6.67. The van der Waals surface area contributed by atoms with Gasteiger partial charge in [0.25, 0.3) is 5.91 Å². The first kappa shape index (κ1) is 14.1. The van der Waals surface area contributed by atoms with Crippen molar-refractivity contribution >= 4 is 34.4 Å². The van der Waals surface area contributed by atoms with Gasteiger partial charge in [0.1, 0.15) is 0 Å². The Morgan fingerprint density at radius 2 is 1.80 bits per heavy atom. The number of hydrogen-bond donors (Lipinski definition) is 1. The fourth-order valence-electron chi connectivity index (χ4n) is 2.42. The maximum absolute atomic E-state index is 11.8. The van der Waals surface area contributed by atoms with Crippen LogP contribution in [0, 0.1) is 0 Å². The molecule has 0 bridgehead atoms. The highest BCUT2D eigenvalue weighted by Crippen LogP contribution is 2.37. The highest BCUT2D eigenvalue weighted by atomic mass is 79.9. The standard InChI is InChI=1S/C14H17BBrNO3/c1-13(2)14(3,4)20-15(19-13)8-5-9-10(11(16)6-8)7-17-12(9)18/h5-6H,7H2,1-4H3,(H,17,18). The van der Waals surface area contributed by atoms with Crippen LogP contribution in [0.4, 0.5) is 0 Å². The summed E-state index contributed by atoms with van der Waals surface area (Å²) in [4.78, 5) is 11.8. The highest BCUT2D eigenvalue weighted by Gasteiger charge is 2.52. The van der Waals surface area contributed by atoms with Crippen LogP contribution in [0.25, 0.3) is 0 Å². The Morgan fingerprint density at radius 1 is 1.20 bits per heavy atom. The molecule has 0 radical (unpaired) electrons. The highest BCUT2D eigenvalue weighted by molar-refractivity contribution is 9.10. The molecule has 1 fully saturated rings. The lowest BCUT2D eigenvalue weighted by atomic mass is 9.78. The Morgan fingerprint density at radius 3 is 2.40 bits per heavy atom. The van der Waals surface area contributed by atoms with Crippen LogP contribution in [0.1, 0.15) is 43.6 Å². The molecule has 106 valence electrons. The van der Waals surface area contributed by atoms with Gasteiger partial charge in [-0.1, -0.05) is 15.9 Å². The van der Waals surface area contributed by atoms with Gasteiger partial charge in [-0.15, -0.1) is 0 Å². The molecule has 1 aromatic rings. The minimum absolute atomic E-state index is 0.0425. The van der Waals surface area contributed by atoms with Crippen LogP contribution >= 0.6 is 15.9 Å². The van der Waals surface area contributed by atoms with Gasteiger partial charge in [-0.2, -0.15) is 0 Å². The lowest BCUT2D eigenvalue weighted by molar-refractivity contribution is 0.00578. The Balaban J connectivity index is 1.99. The van der Waals surface area contributed by atoms with Crippen LogP contribution in [-0.4, -0.2) is 24.2 Å². The van der Waals surface area contributed by atoms with Gasteiger partial charge < -0.3 is 14.6 Å². The van der Waals surface area contributed by atoms with E-state index in [0.717, 1.165) is 15.5 Å². The summed E-state index contributed by atoms with van der Waals surface area (Å²) >= 11 is 3.53. The van der Waals surface area contributed by atoms with Crippen molar-refractivity contribution in [3.8, 4) is 0 Å². The summed E-state index contributed by atoms with van der Waals surface area (Å²) in [5.41, 5.74) is 1.79. The minimum atomic E-state index is -0.449. The van der Waals surface area contributed by atoms with Crippen molar-refractivity contribution in [2.45, 2.75) is 45.4 Å². The average Bonchev–Trinajstić information content (AvgIpc) is 2.79. The SMILES string of the molecule is CC1(C)OB(c2cc(Br)c3c(c2)C(=O)NC3)OC1(C)C. The van der Waals surface area contributed by atoms with Crippen LogP contribution in [0.5, 0.6) is 0 Å². The Bertz CT molecular complexity index is 584. The summed E-state index contributed by atoms with van der Waals surface area (Å²) < 4.78 is 13.0. The van der Waals surface area contributed by atoms with Gasteiger partial charge in [0.15, 0.2) is 0 Å². The van der Waals surface area contributed by atoms with Crippen molar-refractivity contribution in [3.63, 3.8) is 0 Å². The van der Waals surface area contributed by atoms with Gasteiger partial charge in [0, 0.05) is 16.6 Å². The Kier molecular flexibility index (Phi) is 3.05. The molecule has 0 unspecified atom stereocenters. The molecule has 1 aromatic carbocycles. The molecular formula is C14H17BBrNO3. The number of fused-ring (bicyclic) bond motifs is 1. The molecule has 1 saturated heterocycles. The monoisotopic (exact) mass is 337 g/mol. The molecule has 0 aromatic heterocycles. The molecule has 0 saturated carbocycles. The number of hydrogen-bond acceptors (Lipinski definition) is 3. The molecule has 0 spiro atoms. The van der Waals surface area contributed by atoms with Crippen molar-refractivity contribution in [1.82, 2.24) is 5.32 Å². The number of halogens is 1. The van der Waals surface area contributed by atoms with E-state index in [2.05, 4.69) is 21.2 Å². The molecule has 2 aliphatic heterocycles. The van der Waals surface area contributed by atoms with Gasteiger partial charge in [-0.05, 0) is 50.9 Å². The normalized spacial score (nSPS) is 22.9. The molecule has 1 amide bonds. The Hall–Kier alpha value is -0.845. The molecule has 0 aliphatic carbocycles. The molecule has 20 heavy (non-hydrogen) atoms. The maximum Gasteiger partial charge on any atom is 0.494 e. The van der Waals surface area contributed by atoms with Crippen LogP contribution in [0.2, 0.25) is 0 Å². The van der Waals surface area contributed by atoms with Gasteiger partial charge >= 0.3 is 7.12 Å². The number of nitrogens with one attached hydrogen (secondary N) is 1. The van der Waals surface area contributed by atoms with E-state index < -0.39 is 7.12 Å². The van der Waals surface area contributed by atoms with E-state index in [1.807, 2.05) is 39.8 Å². The Labute approximate surface area is 127 Å². The van der Waals surface area contributed by atoms with E-state index in [9.17, 15) is 4.79 Å². The molecule has 0 atom stereocenters. The summed E-state index contributed by atoms with van der Waals surface area (Å²) in [6.07, 6.45) is 0. The van der Waals surface area contributed by atoms with E-state index >= 15 is 0 Å². The van der Waals surface area contributed by atoms with E-state index in [-0.39, 0.29) is 17.1 Å². The van der Waals surface area contributed by atoms with Gasteiger partial charge in [0.05, 0.1) is 11.2 Å². The summed E-state index contributed by atoms with van der Waals surface area (Å²) in [6, 6.07) is 3.84. The van der Waals surface area contributed by atoms with Gasteiger partial charge in [-0.3, -0.25) is 4.79 Å². The fourth-order valence-corrected chi connectivity index (χ4v) is 3.04. The lowest BCUT2D eigenvalue weighted by Gasteiger charge is -2.32. The smallest absolute Gasteiger partial charge is 0.399 e. The number of amides is 1. The molecule has 3 rings (SSSR count). The predicted molar refractivity (Wildman–Crippen MR) is 81.0 cm³/mol. The van der Waals surface area contributed by atoms with Gasteiger partial charge in [0.2, 0.25) is 0 Å². The topological polar surface area (TPSA) is 47.6 Å². The van der Waals surface area contributed by atoms with Crippen molar-refractivity contribution in [2.75, 3.05) is 0 Å². The van der Waals surface area contributed by atoms with Crippen LogP contribution in [-0.2, 0) is 15.9 Å². The molecule has 2 aliphatic rings. The van der Waals surface area contributed by atoms with Crippen LogP contribution in [0.3, 0.4) is 0 Å². The number of carbonyl (C=O) groups is 1. The van der Waals surface area contributed by atoms with Crippen molar-refractivity contribution in [3.05, 3.63) is 27.7 Å². The zero-order valence-corrected chi connectivity index (χ0v) is 13.6. The number of benzene rings is 1. The fraction of sp³-hybridized carbons (Fsp3) is 0.500. The summed E-state index contributed by atoms with van der Waals surface area (Å²) in [5, 5.41) is 2.83. The summed E-state index contributed by atoms with van der Waals surface area (Å²) in [6.45, 7) is 8.63. The van der Waals surface area contributed by atoms with E-state index in [1.54, 1.807) is 0 Å². The number of rotatable bonds is 1. The summed E-state index contributed by atoms with van der Waals surface area (Å²) in [7, 11) is -0.449. The average molecular weight is 338 g/mol. The van der Waals surface area contributed by atoms with Crippen molar-refractivity contribution < 1.29 is 14.1 Å². The second-order valence-corrected chi connectivity index (χ2v) is 7.15. The quantitative estimate of drug-likeness (QED) is 0.797. The van der Waals surface area contributed by atoms with Crippen LogP contribution in [0.15, 0.2) is 16.6 Å². The van der Waals surface area contributed by atoms with E-state index in [0.29, 0.717) is 12.1 Å². The first-order chi connectivity index (χ1) is 9.21. The largest absolute Gasteiger partial charge is 0.494 e. The lowest BCUT2D eigenvalue weighted by Crippen LogP contribution is -2.41. The van der Waals surface area contributed by atoms with E-state index in [1.165, 1.54) is 0 Å². The third-order valence-corrected chi connectivity index (χ3v) is 5.12. The van der Waals surface area contributed by atoms with E-state index in [4.69, 9.17) is 9.31 Å². The predicted octanol–water partition coefficient (Wildman–Crippen LogP) is 1.99. The first-order valence-corrected chi connectivity index (χ1v) is 7.47. The molecule has 1 N–H and O–H groups in total. The maximum atomic E-state index is 11.8. The molecule has 2 heterocycles. The summed E-state index contributed by atoms with van der Waals surface area (Å²) in [5.74, 6) is -0.0425. The third kappa shape index (κ3) is 2.01. The zero-order chi connectivity index (χ0) is 14.7. The third-order valence-electron chi connectivity index (χ3n) is 4.41. The minimum Gasteiger partial charge on any atom is -0.399 e. The van der Waals surface area contributed by atoms with Gasteiger partial charge in [-0.25, -0.2) is 0 Å². The van der Waals surface area contributed by atoms with Crippen LogP contribution < -0.4 is 10.8 Å². The molecule has 6 heteroatoms. The zero-order valence-electron chi connectivity index (χ0n) is 12.0.